The summed E-state index contributed by atoms with van der Waals surface area (Å²) in [6, 6.07) is 12.2. The van der Waals surface area contributed by atoms with E-state index in [0.717, 1.165) is 12.5 Å². The fourth-order valence-corrected chi connectivity index (χ4v) is 6.32. The number of halogens is 1. The average Bonchev–Trinajstić information content (AvgIpc) is 3.31. The van der Waals surface area contributed by atoms with Gasteiger partial charge in [0, 0.05) is 36.1 Å². The van der Waals surface area contributed by atoms with Crippen molar-refractivity contribution in [2.24, 2.45) is 5.92 Å². The van der Waals surface area contributed by atoms with Crippen LogP contribution >= 0.6 is 11.3 Å². The Morgan fingerprint density at radius 3 is 2.88 bits per heavy atom. The fraction of sp³-hybridized carbons (Fsp3) is 0.500. The zero-order chi connectivity index (χ0) is 16.1. The molecule has 0 amide bonds. The first-order chi connectivity index (χ1) is 11.7. The van der Waals surface area contributed by atoms with Gasteiger partial charge in [0.25, 0.3) is 0 Å². The van der Waals surface area contributed by atoms with Crippen molar-refractivity contribution in [3.8, 4) is 0 Å². The Morgan fingerprint density at radius 1 is 1.21 bits per heavy atom. The Labute approximate surface area is 146 Å². The van der Waals surface area contributed by atoms with Crippen LogP contribution in [0.1, 0.15) is 35.7 Å². The molecular weight excluding hydrogens is 319 g/mol. The normalized spacial score (nSPS) is 33.0. The lowest BCUT2D eigenvalue weighted by atomic mass is 9.86. The molecule has 126 valence electrons. The summed E-state index contributed by atoms with van der Waals surface area (Å²) in [6.45, 7) is 4.58. The first-order valence-corrected chi connectivity index (χ1v) is 9.89. The molecule has 4 heteroatoms. The predicted molar refractivity (Wildman–Crippen MR) is 95.5 cm³/mol. The number of likely N-dealkylation sites (tertiary alicyclic amines) is 1. The van der Waals surface area contributed by atoms with Gasteiger partial charge in [-0.05, 0) is 60.9 Å². The van der Waals surface area contributed by atoms with E-state index in [4.69, 9.17) is 0 Å². The third-order valence-corrected chi connectivity index (χ3v) is 7.37. The van der Waals surface area contributed by atoms with E-state index in [2.05, 4.69) is 27.3 Å². The molecular formula is C20H23FN2S. The van der Waals surface area contributed by atoms with E-state index in [0.29, 0.717) is 11.6 Å². The van der Waals surface area contributed by atoms with Gasteiger partial charge in [0.2, 0.25) is 0 Å². The van der Waals surface area contributed by atoms with Gasteiger partial charge in [-0.25, -0.2) is 4.39 Å². The van der Waals surface area contributed by atoms with Crippen LogP contribution in [-0.4, -0.2) is 35.0 Å². The van der Waals surface area contributed by atoms with Gasteiger partial charge in [-0.3, -0.25) is 9.80 Å². The first kappa shape index (κ1) is 15.1. The summed E-state index contributed by atoms with van der Waals surface area (Å²) >= 11 is 1.92. The molecule has 0 N–H and O–H groups in total. The highest BCUT2D eigenvalue weighted by molar-refractivity contribution is 7.10. The minimum atomic E-state index is -0.142. The lowest BCUT2D eigenvalue weighted by Crippen LogP contribution is -2.45. The lowest BCUT2D eigenvalue weighted by Gasteiger charge is -2.35. The molecule has 0 radical (unpaired) electrons. The standard InChI is InChI=1S/C20H23FN2S/c21-17-6-4-15(5-7-17)12-22-13-16-11-18(19-3-1-10-24-19)23-9-2-8-20(16,23)14-22/h1,3-7,10,16,18H,2,8-9,11-14H2/t16-,18-,20-/m1/s1. The van der Waals surface area contributed by atoms with Gasteiger partial charge < -0.3 is 0 Å². The minimum absolute atomic E-state index is 0.142. The second-order valence-electron chi connectivity index (χ2n) is 7.66. The fourth-order valence-electron chi connectivity index (χ4n) is 5.47. The van der Waals surface area contributed by atoms with Gasteiger partial charge in [-0.1, -0.05) is 18.2 Å². The van der Waals surface area contributed by atoms with E-state index < -0.39 is 0 Å². The summed E-state index contributed by atoms with van der Waals surface area (Å²) in [5.74, 6) is 0.643. The molecule has 3 aliphatic heterocycles. The highest BCUT2D eigenvalue weighted by Crippen LogP contribution is 2.56. The lowest BCUT2D eigenvalue weighted by molar-refractivity contribution is 0.132. The number of hydrogen-bond donors (Lipinski definition) is 0. The Bertz CT molecular complexity index is 714. The molecule has 5 rings (SSSR count). The zero-order valence-corrected chi connectivity index (χ0v) is 14.6. The Balaban J connectivity index is 1.36. The summed E-state index contributed by atoms with van der Waals surface area (Å²) in [5.41, 5.74) is 1.63. The first-order valence-electron chi connectivity index (χ1n) is 9.01. The van der Waals surface area contributed by atoms with Gasteiger partial charge in [0.1, 0.15) is 5.82 Å². The molecule has 3 fully saturated rings. The van der Waals surface area contributed by atoms with Gasteiger partial charge in [-0.2, -0.15) is 0 Å². The molecule has 0 bridgehead atoms. The summed E-state index contributed by atoms with van der Waals surface area (Å²) in [5, 5.41) is 2.22. The summed E-state index contributed by atoms with van der Waals surface area (Å²) < 4.78 is 13.1. The van der Waals surface area contributed by atoms with E-state index in [1.807, 2.05) is 23.5 Å². The van der Waals surface area contributed by atoms with Crippen LogP contribution in [0.25, 0.3) is 0 Å². The van der Waals surface area contributed by atoms with Crippen molar-refractivity contribution in [3.63, 3.8) is 0 Å². The molecule has 4 heterocycles. The molecule has 2 nitrogen and oxygen atoms in total. The molecule has 1 aromatic carbocycles. The van der Waals surface area contributed by atoms with Crippen LogP contribution in [0, 0.1) is 11.7 Å². The molecule has 24 heavy (non-hydrogen) atoms. The SMILES string of the molecule is Fc1ccc(CN2C[C@H]3C[C@H](c4cccs4)N4CCC[C@@]34C2)cc1. The van der Waals surface area contributed by atoms with Crippen LogP contribution < -0.4 is 0 Å². The van der Waals surface area contributed by atoms with Gasteiger partial charge in [0.05, 0.1) is 0 Å². The maximum atomic E-state index is 13.1. The summed E-state index contributed by atoms with van der Waals surface area (Å²) in [6.07, 6.45) is 3.99. The average molecular weight is 342 g/mol. The van der Waals surface area contributed by atoms with Crippen LogP contribution in [0.3, 0.4) is 0 Å². The van der Waals surface area contributed by atoms with Crippen LogP contribution in [0.5, 0.6) is 0 Å². The van der Waals surface area contributed by atoms with Gasteiger partial charge in [-0.15, -0.1) is 11.3 Å². The maximum Gasteiger partial charge on any atom is 0.123 e. The van der Waals surface area contributed by atoms with E-state index in [-0.39, 0.29) is 5.82 Å². The number of thiophene rings is 1. The van der Waals surface area contributed by atoms with Crippen molar-refractivity contribution in [2.75, 3.05) is 19.6 Å². The van der Waals surface area contributed by atoms with Crippen molar-refractivity contribution < 1.29 is 4.39 Å². The van der Waals surface area contributed by atoms with Gasteiger partial charge in [0.15, 0.2) is 0 Å². The summed E-state index contributed by atoms with van der Waals surface area (Å²) in [7, 11) is 0. The third-order valence-electron chi connectivity index (χ3n) is 6.39. The predicted octanol–water partition coefficient (Wildman–Crippen LogP) is 4.30. The maximum absolute atomic E-state index is 13.1. The van der Waals surface area contributed by atoms with Crippen LogP contribution in [-0.2, 0) is 6.54 Å². The summed E-state index contributed by atoms with van der Waals surface area (Å²) in [4.78, 5) is 6.98. The molecule has 0 aliphatic carbocycles. The Morgan fingerprint density at radius 2 is 2.08 bits per heavy atom. The second-order valence-corrected chi connectivity index (χ2v) is 8.64. The molecule has 3 saturated heterocycles. The second kappa shape index (κ2) is 5.65. The topological polar surface area (TPSA) is 6.48 Å². The number of benzene rings is 1. The Hall–Kier alpha value is -1.23. The van der Waals surface area contributed by atoms with Crippen molar-refractivity contribution in [3.05, 3.63) is 58.0 Å². The van der Waals surface area contributed by atoms with Crippen molar-refractivity contribution in [1.29, 1.82) is 0 Å². The number of hydrogen-bond acceptors (Lipinski definition) is 3. The molecule has 2 aromatic rings. The quantitative estimate of drug-likeness (QED) is 0.821. The van der Waals surface area contributed by atoms with Crippen LogP contribution in [0.15, 0.2) is 41.8 Å². The number of rotatable bonds is 3. The molecule has 0 unspecified atom stereocenters. The van der Waals surface area contributed by atoms with Crippen molar-refractivity contribution >= 4 is 11.3 Å². The van der Waals surface area contributed by atoms with Crippen LogP contribution in [0.4, 0.5) is 4.39 Å². The number of nitrogens with zero attached hydrogens (tertiary/aromatic N) is 2. The highest BCUT2D eigenvalue weighted by atomic mass is 32.1. The molecule has 1 spiro atoms. The largest absolute Gasteiger partial charge is 0.297 e. The van der Waals surface area contributed by atoms with Crippen molar-refractivity contribution in [2.45, 2.75) is 37.4 Å². The van der Waals surface area contributed by atoms with E-state index in [9.17, 15) is 4.39 Å². The molecule has 3 aliphatic rings. The molecule has 1 aromatic heterocycles. The molecule has 0 saturated carbocycles. The smallest absolute Gasteiger partial charge is 0.123 e. The van der Waals surface area contributed by atoms with Gasteiger partial charge >= 0.3 is 0 Å². The Kier molecular flexibility index (Phi) is 3.55. The van der Waals surface area contributed by atoms with E-state index >= 15 is 0 Å². The van der Waals surface area contributed by atoms with Crippen molar-refractivity contribution in [1.82, 2.24) is 9.80 Å². The zero-order valence-electron chi connectivity index (χ0n) is 13.8. The van der Waals surface area contributed by atoms with E-state index in [1.54, 1.807) is 17.0 Å². The van der Waals surface area contributed by atoms with E-state index in [1.165, 1.54) is 44.5 Å². The third kappa shape index (κ3) is 2.27. The highest BCUT2D eigenvalue weighted by Gasteiger charge is 2.59. The van der Waals surface area contributed by atoms with Crippen LogP contribution in [0.2, 0.25) is 0 Å². The molecule has 3 atom stereocenters. The monoisotopic (exact) mass is 342 g/mol. The minimum Gasteiger partial charge on any atom is -0.297 e.